The number of thioether (sulfide) groups is 1. The lowest BCUT2D eigenvalue weighted by atomic mass is 10.1. The molecule has 3 unspecified atom stereocenters. The third-order valence-corrected chi connectivity index (χ3v) is 5.96. The third kappa shape index (κ3) is 3.11. The smallest absolute Gasteiger partial charge is 0.274 e. The van der Waals surface area contributed by atoms with Crippen LogP contribution in [-0.2, 0) is 0 Å². The van der Waals surface area contributed by atoms with Crippen molar-refractivity contribution >= 4 is 17.7 Å². The highest BCUT2D eigenvalue weighted by Crippen LogP contribution is 2.25. The first-order valence-corrected chi connectivity index (χ1v) is 8.90. The fraction of sp³-hybridized carbons (Fsp3) is 0.733. The van der Waals surface area contributed by atoms with Gasteiger partial charge in [0.1, 0.15) is 5.69 Å². The second-order valence-corrected chi connectivity index (χ2v) is 7.48. The van der Waals surface area contributed by atoms with Crippen LogP contribution in [0.3, 0.4) is 0 Å². The van der Waals surface area contributed by atoms with E-state index in [0.717, 1.165) is 31.8 Å². The molecule has 0 saturated carbocycles. The first-order chi connectivity index (χ1) is 10.2. The van der Waals surface area contributed by atoms with Crippen LogP contribution >= 0.6 is 11.8 Å². The fourth-order valence-electron chi connectivity index (χ4n) is 3.08. The first kappa shape index (κ1) is 14.9. The Bertz CT molecular complexity index is 498. The normalized spacial score (nSPS) is 30.4. The number of carbonyl (C=O) groups is 1. The zero-order valence-electron chi connectivity index (χ0n) is 12.8. The molecule has 0 bridgehead atoms. The lowest BCUT2D eigenvalue weighted by Gasteiger charge is -2.37. The highest BCUT2D eigenvalue weighted by molar-refractivity contribution is 8.00. The van der Waals surface area contributed by atoms with Gasteiger partial charge in [0.15, 0.2) is 0 Å². The summed E-state index contributed by atoms with van der Waals surface area (Å²) in [6.07, 6.45) is 4.26. The van der Waals surface area contributed by atoms with Crippen molar-refractivity contribution in [1.29, 1.82) is 0 Å². The van der Waals surface area contributed by atoms with Gasteiger partial charge in [-0.15, -0.1) is 0 Å². The summed E-state index contributed by atoms with van der Waals surface area (Å²) in [6, 6.07) is 2.53. The number of carbonyl (C=O) groups excluding carboxylic acids is 1. The molecule has 116 valence electrons. The highest BCUT2D eigenvalue weighted by Gasteiger charge is 2.30. The molecule has 21 heavy (non-hydrogen) atoms. The van der Waals surface area contributed by atoms with Crippen LogP contribution in [0.2, 0.25) is 0 Å². The number of rotatable bonds is 2. The number of hydrogen-bond acceptors (Lipinski definition) is 4. The lowest BCUT2D eigenvalue weighted by molar-refractivity contribution is 0.0690. The molecule has 1 amide bonds. The molecular formula is C15H24N4OS. The number of piperidine rings is 1. The van der Waals surface area contributed by atoms with Crippen LogP contribution in [-0.4, -0.2) is 57.3 Å². The summed E-state index contributed by atoms with van der Waals surface area (Å²) in [7, 11) is 0. The van der Waals surface area contributed by atoms with Crippen LogP contribution < -0.4 is 5.32 Å². The topological polar surface area (TPSA) is 50.2 Å². The van der Waals surface area contributed by atoms with E-state index >= 15 is 0 Å². The molecule has 3 atom stereocenters. The summed E-state index contributed by atoms with van der Waals surface area (Å²) in [5.41, 5.74) is 0.589. The maximum Gasteiger partial charge on any atom is 0.274 e. The Morgan fingerprint density at radius 2 is 2.33 bits per heavy atom. The number of nitrogens with zero attached hydrogens (tertiary/aromatic N) is 3. The van der Waals surface area contributed by atoms with Gasteiger partial charge in [-0.1, -0.05) is 6.92 Å². The second-order valence-electron chi connectivity index (χ2n) is 6.00. The summed E-state index contributed by atoms with van der Waals surface area (Å²) >= 11 is 1.94. The van der Waals surface area contributed by atoms with Crippen molar-refractivity contribution in [3.8, 4) is 0 Å². The van der Waals surface area contributed by atoms with E-state index in [1.165, 1.54) is 6.42 Å². The molecule has 2 aliphatic heterocycles. The van der Waals surface area contributed by atoms with Crippen molar-refractivity contribution in [2.75, 3.05) is 25.4 Å². The predicted octanol–water partition coefficient (Wildman–Crippen LogP) is 1.77. The van der Waals surface area contributed by atoms with E-state index in [1.807, 2.05) is 33.6 Å². The Balaban J connectivity index is 1.71. The second kappa shape index (κ2) is 6.40. The highest BCUT2D eigenvalue weighted by atomic mass is 32.2. The molecule has 1 aromatic heterocycles. The summed E-state index contributed by atoms with van der Waals surface area (Å²) in [5, 5.41) is 8.43. The molecule has 0 radical (unpaired) electrons. The van der Waals surface area contributed by atoms with Gasteiger partial charge in [-0.2, -0.15) is 16.9 Å². The molecule has 2 fully saturated rings. The van der Waals surface area contributed by atoms with E-state index in [9.17, 15) is 4.79 Å². The number of amides is 1. The van der Waals surface area contributed by atoms with Crippen molar-refractivity contribution in [1.82, 2.24) is 20.0 Å². The van der Waals surface area contributed by atoms with Crippen molar-refractivity contribution in [3.63, 3.8) is 0 Å². The van der Waals surface area contributed by atoms with Crippen LogP contribution in [0, 0.1) is 0 Å². The van der Waals surface area contributed by atoms with Crippen LogP contribution in [0.1, 0.15) is 43.2 Å². The van der Waals surface area contributed by atoms with Gasteiger partial charge in [0, 0.05) is 36.3 Å². The molecule has 2 aliphatic rings. The van der Waals surface area contributed by atoms with E-state index in [2.05, 4.69) is 24.3 Å². The fourth-order valence-corrected chi connectivity index (χ4v) is 4.18. The Labute approximate surface area is 130 Å². The lowest BCUT2D eigenvalue weighted by Crippen LogP contribution is -2.48. The number of hydrogen-bond donors (Lipinski definition) is 1. The van der Waals surface area contributed by atoms with Gasteiger partial charge in [0.05, 0.1) is 6.04 Å². The van der Waals surface area contributed by atoms with Crippen LogP contribution in [0.4, 0.5) is 0 Å². The van der Waals surface area contributed by atoms with E-state index in [0.29, 0.717) is 17.0 Å². The standard InChI is InChI=1S/C15H24N4OS/c1-11-12(2)21-9-8-18(11)15(20)14-5-7-19(17-14)13-4-3-6-16-10-13/h5,7,11-13,16H,3-4,6,8-10H2,1-2H3. The van der Waals surface area contributed by atoms with Crippen molar-refractivity contribution in [2.45, 2.75) is 44.0 Å². The zero-order valence-corrected chi connectivity index (χ0v) is 13.6. The van der Waals surface area contributed by atoms with Gasteiger partial charge >= 0.3 is 0 Å². The van der Waals surface area contributed by atoms with Crippen LogP contribution in [0.25, 0.3) is 0 Å². The SMILES string of the molecule is CC1SCCN(C(=O)c2ccn(C3CCCNC3)n2)C1C. The molecule has 0 aliphatic carbocycles. The van der Waals surface area contributed by atoms with E-state index in [1.54, 1.807) is 0 Å². The van der Waals surface area contributed by atoms with Gasteiger partial charge in [-0.25, -0.2) is 0 Å². The van der Waals surface area contributed by atoms with Gasteiger partial charge in [0.2, 0.25) is 0 Å². The quantitative estimate of drug-likeness (QED) is 0.905. The molecule has 2 saturated heterocycles. The van der Waals surface area contributed by atoms with Gasteiger partial charge in [0.25, 0.3) is 5.91 Å². The van der Waals surface area contributed by atoms with E-state index < -0.39 is 0 Å². The molecule has 6 heteroatoms. The molecule has 0 spiro atoms. The minimum atomic E-state index is 0.0807. The maximum atomic E-state index is 12.7. The largest absolute Gasteiger partial charge is 0.333 e. The molecule has 1 N–H and O–H groups in total. The molecule has 3 heterocycles. The van der Waals surface area contributed by atoms with Crippen molar-refractivity contribution in [2.24, 2.45) is 0 Å². The molecule has 0 aromatic carbocycles. The summed E-state index contributed by atoms with van der Waals surface area (Å²) < 4.78 is 1.96. The van der Waals surface area contributed by atoms with E-state index in [4.69, 9.17) is 0 Å². The number of aromatic nitrogens is 2. The van der Waals surface area contributed by atoms with Crippen molar-refractivity contribution in [3.05, 3.63) is 18.0 Å². The summed E-state index contributed by atoms with van der Waals surface area (Å²) in [6.45, 7) is 7.19. The average molecular weight is 308 g/mol. The monoisotopic (exact) mass is 308 g/mol. The third-order valence-electron chi connectivity index (χ3n) is 4.62. The molecule has 1 aromatic rings. The minimum absolute atomic E-state index is 0.0807. The Kier molecular flexibility index (Phi) is 4.54. The Morgan fingerprint density at radius 1 is 1.48 bits per heavy atom. The Morgan fingerprint density at radius 3 is 3.10 bits per heavy atom. The van der Waals surface area contributed by atoms with Gasteiger partial charge < -0.3 is 10.2 Å². The van der Waals surface area contributed by atoms with Crippen molar-refractivity contribution < 1.29 is 4.79 Å². The minimum Gasteiger partial charge on any atom is -0.333 e. The molecular weight excluding hydrogens is 284 g/mol. The predicted molar refractivity (Wildman–Crippen MR) is 85.8 cm³/mol. The van der Waals surface area contributed by atoms with E-state index in [-0.39, 0.29) is 11.9 Å². The first-order valence-electron chi connectivity index (χ1n) is 7.85. The zero-order chi connectivity index (χ0) is 14.8. The maximum absolute atomic E-state index is 12.7. The molecule has 3 rings (SSSR count). The van der Waals surface area contributed by atoms with Gasteiger partial charge in [-0.3, -0.25) is 9.48 Å². The van der Waals surface area contributed by atoms with Crippen LogP contribution in [0.5, 0.6) is 0 Å². The summed E-state index contributed by atoms with van der Waals surface area (Å²) in [5.74, 6) is 1.10. The average Bonchev–Trinajstić information content (AvgIpc) is 3.00. The van der Waals surface area contributed by atoms with Crippen LogP contribution in [0.15, 0.2) is 12.3 Å². The Hall–Kier alpha value is -1.01. The number of nitrogens with one attached hydrogen (secondary N) is 1. The van der Waals surface area contributed by atoms with Gasteiger partial charge in [-0.05, 0) is 32.4 Å². The molecule has 5 nitrogen and oxygen atoms in total. The summed E-state index contributed by atoms with van der Waals surface area (Å²) in [4.78, 5) is 14.7.